The van der Waals surface area contributed by atoms with E-state index in [0.717, 1.165) is 6.07 Å². The molecule has 0 aromatic heterocycles. The molecule has 2 amide bonds. The van der Waals surface area contributed by atoms with E-state index >= 15 is 0 Å². The van der Waals surface area contributed by atoms with Crippen molar-refractivity contribution in [2.24, 2.45) is 5.92 Å². The largest absolute Gasteiger partial charge is 0.494 e. The van der Waals surface area contributed by atoms with E-state index in [1.165, 1.54) is 19.2 Å². The maximum Gasteiger partial charge on any atom is 0.326 e. The molecule has 0 heterocycles. The van der Waals surface area contributed by atoms with E-state index in [2.05, 4.69) is 10.6 Å². The lowest BCUT2D eigenvalue weighted by Crippen LogP contribution is -2.46. The quantitative estimate of drug-likeness (QED) is 0.752. The first-order valence-corrected chi connectivity index (χ1v) is 6.52. The van der Waals surface area contributed by atoms with Crippen LogP contribution in [0.2, 0.25) is 0 Å². The number of amides is 2. The molecule has 116 valence electrons. The fraction of sp³-hybridized carbons (Fsp3) is 0.429. The van der Waals surface area contributed by atoms with E-state index in [1.54, 1.807) is 6.92 Å². The molecule has 21 heavy (non-hydrogen) atoms. The Kier molecular flexibility index (Phi) is 5.95. The summed E-state index contributed by atoms with van der Waals surface area (Å²) in [5, 5.41) is 13.9. The van der Waals surface area contributed by atoms with Gasteiger partial charge in [0.15, 0.2) is 11.6 Å². The smallest absolute Gasteiger partial charge is 0.326 e. The number of benzene rings is 1. The number of methoxy groups -OCH3 is 1. The van der Waals surface area contributed by atoms with E-state index < -0.39 is 23.9 Å². The highest BCUT2D eigenvalue weighted by molar-refractivity contribution is 5.92. The summed E-state index contributed by atoms with van der Waals surface area (Å²) in [6, 6.07) is 2.16. The van der Waals surface area contributed by atoms with Gasteiger partial charge in [0.1, 0.15) is 6.04 Å². The third-order valence-electron chi connectivity index (χ3n) is 3.17. The van der Waals surface area contributed by atoms with Crippen LogP contribution in [0.4, 0.5) is 14.9 Å². The van der Waals surface area contributed by atoms with Crippen molar-refractivity contribution in [3.05, 3.63) is 24.0 Å². The summed E-state index contributed by atoms with van der Waals surface area (Å²) in [7, 11) is 1.31. The second-order valence-electron chi connectivity index (χ2n) is 4.65. The van der Waals surface area contributed by atoms with Crippen molar-refractivity contribution in [3.8, 4) is 5.75 Å². The molecule has 2 atom stereocenters. The Hall–Kier alpha value is -2.31. The Bertz CT molecular complexity index is 522. The van der Waals surface area contributed by atoms with Crippen LogP contribution in [0.3, 0.4) is 0 Å². The number of nitrogens with one attached hydrogen (secondary N) is 2. The van der Waals surface area contributed by atoms with Crippen LogP contribution in [0.15, 0.2) is 18.2 Å². The zero-order chi connectivity index (χ0) is 16.0. The number of urea groups is 1. The van der Waals surface area contributed by atoms with Gasteiger partial charge in [0.25, 0.3) is 0 Å². The maximum absolute atomic E-state index is 13.2. The molecule has 0 bridgehead atoms. The van der Waals surface area contributed by atoms with Gasteiger partial charge in [0.05, 0.1) is 7.11 Å². The number of carbonyl (C=O) groups excluding carboxylic acids is 1. The number of anilines is 1. The highest BCUT2D eigenvalue weighted by Crippen LogP contribution is 2.21. The Morgan fingerprint density at radius 2 is 2.10 bits per heavy atom. The van der Waals surface area contributed by atoms with Crippen LogP contribution in [0, 0.1) is 11.7 Å². The van der Waals surface area contributed by atoms with Crippen molar-refractivity contribution in [1.82, 2.24) is 5.32 Å². The van der Waals surface area contributed by atoms with Crippen molar-refractivity contribution in [3.63, 3.8) is 0 Å². The number of carboxylic acid groups (broad SMARTS) is 1. The standard InChI is InChI=1S/C14H19FN2O4/c1-4-8(2)12(13(18)19)17-14(20)16-9-5-6-10(15)11(7-9)21-3/h5-8,12H,4H2,1-3H3,(H,18,19)(H2,16,17,20)/t8?,12-/m0/s1. The van der Waals surface area contributed by atoms with Gasteiger partial charge in [-0.3, -0.25) is 0 Å². The predicted octanol–water partition coefficient (Wildman–Crippen LogP) is 2.46. The predicted molar refractivity (Wildman–Crippen MR) is 76.0 cm³/mol. The molecular weight excluding hydrogens is 279 g/mol. The number of hydrogen-bond acceptors (Lipinski definition) is 3. The lowest BCUT2D eigenvalue weighted by Gasteiger charge is -2.20. The van der Waals surface area contributed by atoms with Crippen molar-refractivity contribution < 1.29 is 23.8 Å². The van der Waals surface area contributed by atoms with Gasteiger partial charge in [0, 0.05) is 11.8 Å². The molecule has 1 aromatic carbocycles. The Morgan fingerprint density at radius 3 is 2.62 bits per heavy atom. The summed E-state index contributed by atoms with van der Waals surface area (Å²) in [4.78, 5) is 22.9. The molecule has 0 fully saturated rings. The molecular formula is C14H19FN2O4. The van der Waals surface area contributed by atoms with Gasteiger partial charge in [-0.2, -0.15) is 0 Å². The molecule has 1 aromatic rings. The lowest BCUT2D eigenvalue weighted by atomic mass is 9.99. The average molecular weight is 298 g/mol. The first-order chi connectivity index (χ1) is 9.88. The molecule has 3 N–H and O–H groups in total. The van der Waals surface area contributed by atoms with Gasteiger partial charge < -0.3 is 20.5 Å². The summed E-state index contributed by atoms with van der Waals surface area (Å²) in [5.41, 5.74) is 0.305. The average Bonchev–Trinajstić information content (AvgIpc) is 2.45. The van der Waals surface area contributed by atoms with E-state index in [1.807, 2.05) is 6.92 Å². The van der Waals surface area contributed by atoms with Crippen molar-refractivity contribution >= 4 is 17.7 Å². The summed E-state index contributed by atoms with van der Waals surface area (Å²) < 4.78 is 18.0. The Labute approximate surface area is 122 Å². The van der Waals surface area contributed by atoms with Crippen LogP contribution >= 0.6 is 0 Å². The first kappa shape index (κ1) is 16.7. The van der Waals surface area contributed by atoms with Crippen LogP contribution in [-0.4, -0.2) is 30.3 Å². The Balaban J connectivity index is 2.74. The number of carbonyl (C=O) groups is 2. The molecule has 0 saturated heterocycles. The van der Waals surface area contributed by atoms with Crippen LogP contribution < -0.4 is 15.4 Å². The highest BCUT2D eigenvalue weighted by Gasteiger charge is 2.25. The minimum atomic E-state index is -1.10. The Morgan fingerprint density at radius 1 is 1.43 bits per heavy atom. The number of hydrogen-bond donors (Lipinski definition) is 3. The molecule has 1 rings (SSSR count). The molecule has 7 heteroatoms. The van der Waals surface area contributed by atoms with Crippen molar-refractivity contribution in [2.75, 3.05) is 12.4 Å². The number of halogens is 1. The summed E-state index contributed by atoms with van der Waals surface area (Å²) in [5.74, 6) is -1.87. The third kappa shape index (κ3) is 4.62. The fourth-order valence-corrected chi connectivity index (χ4v) is 1.73. The van der Waals surface area contributed by atoms with E-state index in [4.69, 9.17) is 9.84 Å². The molecule has 0 aliphatic heterocycles. The monoisotopic (exact) mass is 298 g/mol. The molecule has 0 aliphatic rings. The van der Waals surface area contributed by atoms with E-state index in [0.29, 0.717) is 12.1 Å². The number of carboxylic acids is 1. The van der Waals surface area contributed by atoms with Gasteiger partial charge in [0.2, 0.25) is 0 Å². The van der Waals surface area contributed by atoms with Crippen molar-refractivity contribution in [2.45, 2.75) is 26.3 Å². The molecule has 1 unspecified atom stereocenters. The maximum atomic E-state index is 13.2. The minimum Gasteiger partial charge on any atom is -0.494 e. The fourth-order valence-electron chi connectivity index (χ4n) is 1.73. The molecule has 0 spiro atoms. The molecule has 0 aliphatic carbocycles. The first-order valence-electron chi connectivity index (χ1n) is 6.52. The van der Waals surface area contributed by atoms with Gasteiger partial charge in [-0.25, -0.2) is 14.0 Å². The van der Waals surface area contributed by atoms with E-state index in [-0.39, 0.29) is 11.7 Å². The zero-order valence-corrected chi connectivity index (χ0v) is 12.1. The third-order valence-corrected chi connectivity index (χ3v) is 3.17. The number of rotatable bonds is 6. The van der Waals surface area contributed by atoms with Gasteiger partial charge >= 0.3 is 12.0 Å². The topological polar surface area (TPSA) is 87.7 Å². The molecule has 6 nitrogen and oxygen atoms in total. The van der Waals surface area contributed by atoms with Crippen LogP contribution in [0.5, 0.6) is 5.75 Å². The molecule has 0 saturated carbocycles. The SMILES string of the molecule is CCC(C)[C@H](NC(=O)Nc1ccc(F)c(OC)c1)C(=O)O. The zero-order valence-electron chi connectivity index (χ0n) is 12.1. The van der Waals surface area contributed by atoms with E-state index in [9.17, 15) is 14.0 Å². The lowest BCUT2D eigenvalue weighted by molar-refractivity contribution is -0.140. The summed E-state index contributed by atoms with van der Waals surface area (Å²) >= 11 is 0. The second-order valence-corrected chi connectivity index (χ2v) is 4.65. The normalized spacial score (nSPS) is 13.1. The number of ether oxygens (including phenoxy) is 1. The summed E-state index contributed by atoms with van der Waals surface area (Å²) in [6.07, 6.45) is 0.613. The van der Waals surface area contributed by atoms with Gasteiger partial charge in [-0.05, 0) is 18.1 Å². The second kappa shape index (κ2) is 7.47. The number of aliphatic carboxylic acids is 1. The minimum absolute atomic E-state index is 0.00971. The van der Waals surface area contributed by atoms with Crippen molar-refractivity contribution in [1.29, 1.82) is 0 Å². The van der Waals surface area contributed by atoms with Crippen LogP contribution in [-0.2, 0) is 4.79 Å². The van der Waals surface area contributed by atoms with Gasteiger partial charge in [-0.15, -0.1) is 0 Å². The van der Waals surface area contributed by atoms with Crippen LogP contribution in [0.1, 0.15) is 20.3 Å². The van der Waals surface area contributed by atoms with Gasteiger partial charge in [-0.1, -0.05) is 20.3 Å². The molecule has 0 radical (unpaired) electrons. The summed E-state index contributed by atoms with van der Waals surface area (Å²) in [6.45, 7) is 3.57. The van der Waals surface area contributed by atoms with Crippen LogP contribution in [0.25, 0.3) is 0 Å². The highest BCUT2D eigenvalue weighted by atomic mass is 19.1.